The van der Waals surface area contributed by atoms with E-state index in [9.17, 15) is 0 Å². The Morgan fingerprint density at radius 3 is 2.38 bits per heavy atom. The lowest BCUT2D eigenvalue weighted by molar-refractivity contribution is -0.671. The van der Waals surface area contributed by atoms with Crippen molar-refractivity contribution in [2.45, 2.75) is 39.2 Å². The number of hydrogen-bond donors (Lipinski definition) is 2. The summed E-state index contributed by atoms with van der Waals surface area (Å²) in [4.78, 5) is 22.9. The van der Waals surface area contributed by atoms with Gasteiger partial charge in [0.15, 0.2) is 0 Å². The Labute approximate surface area is 98.0 Å². The third-order valence-electron chi connectivity index (χ3n) is 2.09. The van der Waals surface area contributed by atoms with Crippen LogP contribution in [0.1, 0.15) is 32.6 Å². The van der Waals surface area contributed by atoms with E-state index in [4.69, 9.17) is 14.7 Å². The smallest absolute Gasteiger partial charge is 0.243 e. The molecule has 2 N–H and O–H groups in total. The van der Waals surface area contributed by atoms with Crippen molar-refractivity contribution in [3.8, 4) is 0 Å². The van der Waals surface area contributed by atoms with Crippen LogP contribution in [0.25, 0.3) is 0 Å². The van der Waals surface area contributed by atoms with Gasteiger partial charge in [-0.05, 0) is 12.8 Å². The summed E-state index contributed by atoms with van der Waals surface area (Å²) >= 11 is 0. The van der Waals surface area contributed by atoms with E-state index in [2.05, 4.69) is 41.8 Å². The number of aryl methyl sites for hydroxylation is 2. The lowest BCUT2D eigenvalue weighted by Gasteiger charge is -1.99. The lowest BCUT2D eigenvalue weighted by atomic mass is 10.2. The van der Waals surface area contributed by atoms with Gasteiger partial charge in [-0.25, -0.2) is 9.13 Å². The van der Waals surface area contributed by atoms with E-state index in [1.54, 1.807) is 0 Å². The summed E-state index contributed by atoms with van der Waals surface area (Å²) < 4.78 is 4.33. The van der Waals surface area contributed by atoms with Crippen LogP contribution < -0.4 is 9.46 Å². The first-order valence-corrected chi connectivity index (χ1v) is 6.58. The molecule has 5 nitrogen and oxygen atoms in total. The van der Waals surface area contributed by atoms with Crippen LogP contribution in [-0.2, 0) is 13.6 Å². The molecule has 0 bridgehead atoms. The number of rotatable bonds is 5. The molecule has 0 aliphatic carbocycles. The molecule has 1 aromatic rings. The highest BCUT2D eigenvalue weighted by Crippen LogP contribution is 2.03. The molecule has 1 heterocycles. The molecule has 0 aliphatic heterocycles. The Morgan fingerprint density at radius 2 is 1.94 bits per heavy atom. The first-order chi connectivity index (χ1) is 7.56. The maximum atomic E-state index is 8.70. The summed E-state index contributed by atoms with van der Waals surface area (Å²) in [6, 6.07) is 0. The molecule has 1 rings (SSSR count). The number of aromatic nitrogens is 2. The summed E-state index contributed by atoms with van der Waals surface area (Å²) in [6.07, 6.45) is 11.7. The minimum atomic E-state index is -2.87. The van der Waals surface area contributed by atoms with Crippen molar-refractivity contribution < 1.29 is 19.2 Å². The SMILES string of the molecule is CCCCCCn1cc[n+](C)c1.[O-]P(O)O. The fourth-order valence-electron chi connectivity index (χ4n) is 1.36. The second-order valence-corrected chi connectivity index (χ2v) is 4.14. The van der Waals surface area contributed by atoms with E-state index in [0.29, 0.717) is 0 Å². The molecule has 16 heavy (non-hydrogen) atoms. The molecule has 0 atom stereocenters. The zero-order chi connectivity index (χ0) is 12.4. The highest BCUT2D eigenvalue weighted by molar-refractivity contribution is 7.36. The predicted molar refractivity (Wildman–Crippen MR) is 61.1 cm³/mol. The molecule has 6 heteroatoms. The van der Waals surface area contributed by atoms with Gasteiger partial charge < -0.3 is 14.7 Å². The number of nitrogens with zero attached hydrogens (tertiary/aromatic N) is 2. The van der Waals surface area contributed by atoms with Crippen molar-refractivity contribution in [1.82, 2.24) is 4.57 Å². The Kier molecular flexibility index (Phi) is 9.43. The second-order valence-electron chi connectivity index (χ2n) is 3.63. The minimum Gasteiger partial charge on any atom is -0.786 e. The Morgan fingerprint density at radius 1 is 1.31 bits per heavy atom. The van der Waals surface area contributed by atoms with Crippen LogP contribution in [0.5, 0.6) is 0 Å². The van der Waals surface area contributed by atoms with Crippen LogP contribution in [0.15, 0.2) is 18.7 Å². The largest absolute Gasteiger partial charge is 0.786 e. The van der Waals surface area contributed by atoms with Gasteiger partial charge in [-0.1, -0.05) is 19.8 Å². The van der Waals surface area contributed by atoms with E-state index in [1.807, 2.05) is 0 Å². The van der Waals surface area contributed by atoms with Gasteiger partial charge in [0.1, 0.15) is 12.4 Å². The van der Waals surface area contributed by atoms with Crippen molar-refractivity contribution in [1.29, 1.82) is 0 Å². The summed E-state index contributed by atoms with van der Waals surface area (Å²) in [5.41, 5.74) is 0. The van der Waals surface area contributed by atoms with E-state index in [1.165, 1.54) is 32.2 Å². The molecule has 94 valence electrons. The van der Waals surface area contributed by atoms with Crippen molar-refractivity contribution in [3.05, 3.63) is 18.7 Å². The molecule has 0 saturated carbocycles. The summed E-state index contributed by atoms with van der Waals surface area (Å²) in [5.74, 6) is 0. The zero-order valence-corrected chi connectivity index (χ0v) is 10.8. The molecule has 0 spiro atoms. The van der Waals surface area contributed by atoms with Crippen LogP contribution in [0.2, 0.25) is 0 Å². The Balaban J connectivity index is 0.000000487. The fourth-order valence-corrected chi connectivity index (χ4v) is 1.36. The van der Waals surface area contributed by atoms with Crippen LogP contribution in [0.4, 0.5) is 0 Å². The van der Waals surface area contributed by atoms with Gasteiger partial charge in [-0.3, -0.25) is 0 Å². The molecule has 0 radical (unpaired) electrons. The van der Waals surface area contributed by atoms with Gasteiger partial charge in [0.25, 0.3) is 0 Å². The molecule has 0 amide bonds. The minimum absolute atomic E-state index is 1.17. The second kappa shape index (κ2) is 9.73. The summed E-state index contributed by atoms with van der Waals surface area (Å²) in [6.45, 7) is 3.41. The predicted octanol–water partition coefficient (Wildman–Crippen LogP) is 0.451. The highest BCUT2D eigenvalue weighted by Gasteiger charge is 1.97. The van der Waals surface area contributed by atoms with Gasteiger partial charge in [-0.15, -0.1) is 0 Å². The standard InChI is InChI=1S/C10H19N2.H2O3P/c1-3-4-5-6-7-12-9-8-11(2)10-12;1-4(2)3/h8-10H,3-7H2,1-2H3;1-2H/q+1;-1. The highest BCUT2D eigenvalue weighted by atomic mass is 31.2. The van der Waals surface area contributed by atoms with Crippen LogP contribution >= 0.6 is 8.60 Å². The maximum absolute atomic E-state index is 8.70. The molecule has 0 saturated heterocycles. The van der Waals surface area contributed by atoms with Gasteiger partial charge in [0, 0.05) is 0 Å². The van der Waals surface area contributed by atoms with E-state index < -0.39 is 8.60 Å². The maximum Gasteiger partial charge on any atom is 0.243 e. The molecule has 0 aliphatic rings. The first-order valence-electron chi connectivity index (χ1n) is 5.42. The lowest BCUT2D eigenvalue weighted by Crippen LogP contribution is -2.23. The molecule has 0 aromatic carbocycles. The first kappa shape index (κ1) is 15.5. The summed E-state index contributed by atoms with van der Waals surface area (Å²) in [7, 11) is -0.812. The number of imidazole rings is 1. The third-order valence-corrected chi connectivity index (χ3v) is 2.09. The zero-order valence-electron chi connectivity index (χ0n) is 9.91. The average Bonchev–Trinajstić information content (AvgIpc) is 2.58. The van der Waals surface area contributed by atoms with Crippen LogP contribution in [0.3, 0.4) is 0 Å². The van der Waals surface area contributed by atoms with E-state index in [-0.39, 0.29) is 0 Å². The van der Waals surface area contributed by atoms with Crippen molar-refractivity contribution in [3.63, 3.8) is 0 Å². The van der Waals surface area contributed by atoms with Crippen LogP contribution in [-0.4, -0.2) is 14.4 Å². The van der Waals surface area contributed by atoms with Crippen molar-refractivity contribution in [2.75, 3.05) is 0 Å². The van der Waals surface area contributed by atoms with Gasteiger partial charge in [0.05, 0.1) is 22.2 Å². The van der Waals surface area contributed by atoms with Crippen molar-refractivity contribution >= 4 is 8.60 Å². The molecular weight excluding hydrogens is 227 g/mol. The quantitative estimate of drug-likeness (QED) is 0.451. The van der Waals surface area contributed by atoms with Gasteiger partial charge in [0.2, 0.25) is 6.33 Å². The monoisotopic (exact) mass is 248 g/mol. The number of hydrogen-bond acceptors (Lipinski definition) is 3. The summed E-state index contributed by atoms with van der Waals surface area (Å²) in [5, 5.41) is 0. The molecule has 1 aromatic heterocycles. The van der Waals surface area contributed by atoms with E-state index in [0.717, 1.165) is 0 Å². The topological polar surface area (TPSA) is 72.3 Å². The molecule has 0 unspecified atom stereocenters. The van der Waals surface area contributed by atoms with Gasteiger partial charge in [-0.2, -0.15) is 0 Å². The van der Waals surface area contributed by atoms with Gasteiger partial charge >= 0.3 is 0 Å². The van der Waals surface area contributed by atoms with E-state index >= 15 is 0 Å². The molecular formula is C10H21N2O3P. The number of unbranched alkanes of at least 4 members (excludes halogenated alkanes) is 3. The van der Waals surface area contributed by atoms with Crippen LogP contribution in [0, 0.1) is 0 Å². The Bertz CT molecular complexity index is 264. The third kappa shape index (κ3) is 10.1. The fraction of sp³-hybridized carbons (Fsp3) is 0.700. The average molecular weight is 248 g/mol. The Hall–Kier alpha value is -0.480. The normalized spacial score (nSPS) is 10.1. The molecule has 0 fully saturated rings. The van der Waals surface area contributed by atoms with Crippen molar-refractivity contribution in [2.24, 2.45) is 7.05 Å².